The number of fused-ring (bicyclic) bond motifs is 2. The van der Waals surface area contributed by atoms with Crippen molar-refractivity contribution in [3.63, 3.8) is 0 Å². The molecule has 0 unspecified atom stereocenters. The van der Waals surface area contributed by atoms with E-state index in [1.807, 2.05) is 6.92 Å². The number of hydrogen-bond donors (Lipinski definition) is 0. The Morgan fingerprint density at radius 1 is 1.26 bits per heavy atom. The van der Waals surface area contributed by atoms with Crippen molar-refractivity contribution in [1.29, 1.82) is 0 Å². The smallest absolute Gasteiger partial charge is 0.416 e. The van der Waals surface area contributed by atoms with Crippen LogP contribution in [0.5, 0.6) is 11.6 Å². The fourth-order valence-electron chi connectivity index (χ4n) is 2.35. The van der Waals surface area contributed by atoms with E-state index in [1.54, 1.807) is 0 Å². The van der Waals surface area contributed by atoms with Crippen LogP contribution in [-0.2, 0) is 6.18 Å². The van der Waals surface area contributed by atoms with E-state index in [2.05, 4.69) is 10.2 Å². The van der Waals surface area contributed by atoms with Crippen LogP contribution in [0.1, 0.15) is 29.3 Å². The van der Waals surface area contributed by atoms with Gasteiger partial charge in [0.25, 0.3) is 11.8 Å². The molecule has 0 saturated heterocycles. The molecule has 1 amide bonds. The van der Waals surface area contributed by atoms with E-state index in [0.29, 0.717) is 6.42 Å². The molecule has 3 rings (SSSR count). The molecule has 120 valence electrons. The number of alkyl halides is 3. The summed E-state index contributed by atoms with van der Waals surface area (Å²) in [5, 5.41) is 7.40. The number of carbonyl (C=O) groups is 1. The Balaban J connectivity index is 2.18. The van der Waals surface area contributed by atoms with Crippen molar-refractivity contribution in [2.75, 3.05) is 11.4 Å². The van der Waals surface area contributed by atoms with E-state index in [1.165, 1.54) is 23.2 Å². The lowest BCUT2D eigenvalue weighted by Gasteiger charge is -2.22. The second-order valence-electron chi connectivity index (χ2n) is 4.99. The van der Waals surface area contributed by atoms with Gasteiger partial charge >= 0.3 is 6.18 Å². The van der Waals surface area contributed by atoms with Crippen LogP contribution in [0.25, 0.3) is 0 Å². The summed E-state index contributed by atoms with van der Waals surface area (Å²) in [7, 11) is 0. The number of hydrogen-bond acceptors (Lipinski definition) is 4. The SMILES string of the molecule is CCCN1C(=O)c2ccnnc2Oc2ccc(C(F)(F)F)cc21. The summed E-state index contributed by atoms with van der Waals surface area (Å²) in [6.07, 6.45) is -2.59. The number of carbonyl (C=O) groups excluding carboxylic acids is 1. The molecule has 1 aromatic heterocycles. The number of anilines is 1. The molecule has 1 aliphatic heterocycles. The highest BCUT2D eigenvalue weighted by Crippen LogP contribution is 2.41. The minimum atomic E-state index is -4.51. The van der Waals surface area contributed by atoms with Crippen molar-refractivity contribution in [3.8, 4) is 11.6 Å². The molecule has 1 aromatic carbocycles. The van der Waals surface area contributed by atoms with Crippen molar-refractivity contribution in [1.82, 2.24) is 10.2 Å². The molecule has 0 aliphatic carbocycles. The third-order valence-electron chi connectivity index (χ3n) is 3.39. The monoisotopic (exact) mass is 323 g/mol. The molecule has 2 aromatic rings. The van der Waals surface area contributed by atoms with Crippen LogP contribution in [0.4, 0.5) is 18.9 Å². The first-order valence-electron chi connectivity index (χ1n) is 6.94. The lowest BCUT2D eigenvalue weighted by molar-refractivity contribution is -0.137. The third-order valence-corrected chi connectivity index (χ3v) is 3.39. The van der Waals surface area contributed by atoms with Gasteiger partial charge in [0.05, 0.1) is 17.4 Å². The quantitative estimate of drug-likeness (QED) is 0.846. The summed E-state index contributed by atoms with van der Waals surface area (Å²) >= 11 is 0. The van der Waals surface area contributed by atoms with E-state index >= 15 is 0 Å². The first-order chi connectivity index (χ1) is 10.9. The molecule has 2 heterocycles. The Bertz CT molecular complexity index is 762. The number of aromatic nitrogens is 2. The molecule has 5 nitrogen and oxygen atoms in total. The number of ether oxygens (including phenoxy) is 1. The van der Waals surface area contributed by atoms with Crippen LogP contribution in [0.15, 0.2) is 30.5 Å². The molecule has 0 saturated carbocycles. The summed E-state index contributed by atoms with van der Waals surface area (Å²) in [6, 6.07) is 4.46. The van der Waals surface area contributed by atoms with Gasteiger partial charge in [0.2, 0.25) is 0 Å². The predicted molar refractivity (Wildman–Crippen MR) is 75.5 cm³/mol. The zero-order chi connectivity index (χ0) is 16.6. The van der Waals surface area contributed by atoms with Gasteiger partial charge in [-0.05, 0) is 30.7 Å². The Morgan fingerprint density at radius 2 is 2.04 bits per heavy atom. The van der Waals surface area contributed by atoms with Crippen LogP contribution in [0, 0.1) is 0 Å². The first-order valence-corrected chi connectivity index (χ1v) is 6.94. The fraction of sp³-hybridized carbons (Fsp3) is 0.267. The Kier molecular flexibility index (Phi) is 3.67. The van der Waals surface area contributed by atoms with E-state index in [0.717, 1.165) is 12.1 Å². The summed E-state index contributed by atoms with van der Waals surface area (Å²) in [5.41, 5.74) is -0.603. The molecular weight excluding hydrogens is 311 g/mol. The lowest BCUT2D eigenvalue weighted by Crippen LogP contribution is -2.31. The van der Waals surface area contributed by atoms with Gasteiger partial charge in [-0.15, -0.1) is 5.10 Å². The van der Waals surface area contributed by atoms with Crippen molar-refractivity contribution in [2.24, 2.45) is 0 Å². The average molecular weight is 323 g/mol. The lowest BCUT2D eigenvalue weighted by atomic mass is 10.1. The molecule has 23 heavy (non-hydrogen) atoms. The van der Waals surface area contributed by atoms with Crippen LogP contribution < -0.4 is 9.64 Å². The van der Waals surface area contributed by atoms with Gasteiger partial charge in [-0.2, -0.15) is 18.3 Å². The fourth-order valence-corrected chi connectivity index (χ4v) is 2.35. The van der Waals surface area contributed by atoms with Gasteiger partial charge in [-0.3, -0.25) is 4.79 Å². The highest BCUT2D eigenvalue weighted by molar-refractivity contribution is 6.09. The van der Waals surface area contributed by atoms with E-state index in [4.69, 9.17) is 4.74 Å². The largest absolute Gasteiger partial charge is 0.435 e. The molecule has 0 bridgehead atoms. The van der Waals surface area contributed by atoms with Gasteiger partial charge in [-0.1, -0.05) is 6.92 Å². The summed E-state index contributed by atoms with van der Waals surface area (Å²) in [5.74, 6) is -0.342. The molecule has 0 fully saturated rings. The standard InChI is InChI=1S/C15H12F3N3O2/c1-2-7-21-11-8-9(15(16,17)18)3-4-12(11)23-13-10(14(21)22)5-6-19-20-13/h3-6,8H,2,7H2,1H3. The maximum Gasteiger partial charge on any atom is 0.416 e. The second-order valence-corrected chi connectivity index (χ2v) is 4.99. The van der Waals surface area contributed by atoms with Crippen molar-refractivity contribution < 1.29 is 22.7 Å². The van der Waals surface area contributed by atoms with Crippen LogP contribution in [-0.4, -0.2) is 22.6 Å². The maximum absolute atomic E-state index is 13.0. The number of halogens is 3. The Hall–Kier alpha value is -2.64. The number of benzene rings is 1. The Labute approximate surface area is 129 Å². The van der Waals surface area contributed by atoms with Crippen LogP contribution >= 0.6 is 0 Å². The molecule has 8 heteroatoms. The third kappa shape index (κ3) is 2.71. The van der Waals surface area contributed by atoms with Gasteiger partial charge in [-0.25, -0.2) is 0 Å². The second kappa shape index (κ2) is 5.53. The van der Waals surface area contributed by atoms with E-state index in [-0.39, 0.29) is 29.4 Å². The number of amides is 1. The molecule has 0 atom stereocenters. The highest BCUT2D eigenvalue weighted by atomic mass is 19.4. The zero-order valence-corrected chi connectivity index (χ0v) is 12.1. The van der Waals surface area contributed by atoms with Gasteiger partial charge in [0.15, 0.2) is 5.75 Å². The topological polar surface area (TPSA) is 55.3 Å². The summed E-state index contributed by atoms with van der Waals surface area (Å²) in [4.78, 5) is 13.9. The predicted octanol–water partition coefficient (Wildman–Crippen LogP) is 3.66. The highest BCUT2D eigenvalue weighted by Gasteiger charge is 2.34. The van der Waals surface area contributed by atoms with Crippen LogP contribution in [0.3, 0.4) is 0 Å². The molecule has 1 aliphatic rings. The normalized spacial score (nSPS) is 13.9. The van der Waals surface area contributed by atoms with Crippen molar-refractivity contribution >= 4 is 11.6 Å². The van der Waals surface area contributed by atoms with Crippen molar-refractivity contribution in [3.05, 3.63) is 41.6 Å². The van der Waals surface area contributed by atoms with Gasteiger partial charge in [0.1, 0.15) is 5.56 Å². The number of rotatable bonds is 2. The molecule has 0 N–H and O–H groups in total. The summed E-state index contributed by atoms with van der Waals surface area (Å²) < 4.78 is 44.4. The van der Waals surface area contributed by atoms with Crippen LogP contribution in [0.2, 0.25) is 0 Å². The first kappa shape index (κ1) is 15.3. The average Bonchev–Trinajstić information content (AvgIpc) is 2.62. The minimum Gasteiger partial charge on any atom is -0.435 e. The van der Waals surface area contributed by atoms with Crippen molar-refractivity contribution in [2.45, 2.75) is 19.5 Å². The summed E-state index contributed by atoms with van der Waals surface area (Å²) in [6.45, 7) is 2.09. The maximum atomic E-state index is 13.0. The molecule has 0 radical (unpaired) electrons. The molecule has 0 spiro atoms. The van der Waals surface area contributed by atoms with Gasteiger partial charge in [0, 0.05) is 6.54 Å². The number of nitrogens with zero attached hydrogens (tertiary/aromatic N) is 3. The minimum absolute atomic E-state index is 0.0166. The Morgan fingerprint density at radius 3 is 2.74 bits per heavy atom. The van der Waals surface area contributed by atoms with E-state index in [9.17, 15) is 18.0 Å². The van der Waals surface area contributed by atoms with E-state index < -0.39 is 17.6 Å². The zero-order valence-electron chi connectivity index (χ0n) is 12.1. The van der Waals surface area contributed by atoms with Gasteiger partial charge < -0.3 is 9.64 Å². The molecular formula is C15H12F3N3O2.